The van der Waals surface area contributed by atoms with E-state index in [-0.39, 0.29) is 24.4 Å². The monoisotopic (exact) mass is 347 g/mol. The van der Waals surface area contributed by atoms with Gasteiger partial charge in [0.2, 0.25) is 0 Å². The minimum absolute atomic E-state index is 0.0478. The van der Waals surface area contributed by atoms with Gasteiger partial charge < -0.3 is 14.7 Å². The van der Waals surface area contributed by atoms with Crippen molar-refractivity contribution in [2.45, 2.75) is 24.7 Å². The summed E-state index contributed by atoms with van der Waals surface area (Å²) in [4.78, 5) is 14.3. The van der Waals surface area contributed by atoms with Crippen LogP contribution in [0.25, 0.3) is 0 Å². The predicted molar refractivity (Wildman–Crippen MR) is 87.6 cm³/mol. The molecule has 4 nitrogen and oxygen atoms in total. The molecule has 1 aliphatic rings. The number of carbonyl (C=O) groups excluding carboxylic acids is 1. The average Bonchev–Trinajstić information content (AvgIpc) is 3.00. The van der Waals surface area contributed by atoms with Crippen molar-refractivity contribution >= 4 is 5.91 Å². The summed E-state index contributed by atoms with van der Waals surface area (Å²) in [6.07, 6.45) is -1.52. The highest BCUT2D eigenvalue weighted by Crippen LogP contribution is 2.36. The first-order chi connectivity index (χ1) is 12.0. The maximum absolute atomic E-state index is 14.2. The fraction of sp³-hybridized carbons (Fsp3) is 0.316. The number of hydrogen-bond donors (Lipinski definition) is 1. The summed E-state index contributed by atoms with van der Waals surface area (Å²) in [7, 11) is 1.42. The zero-order chi connectivity index (χ0) is 18.0. The number of ether oxygens (including phenoxy) is 1. The van der Waals surface area contributed by atoms with Crippen molar-refractivity contribution in [3.63, 3.8) is 0 Å². The number of rotatable bonds is 4. The van der Waals surface area contributed by atoms with Crippen molar-refractivity contribution in [2.24, 2.45) is 0 Å². The van der Waals surface area contributed by atoms with Gasteiger partial charge in [0.25, 0.3) is 5.91 Å². The van der Waals surface area contributed by atoms with Crippen LogP contribution in [0.1, 0.15) is 29.7 Å². The first-order valence-electron chi connectivity index (χ1n) is 8.02. The smallest absolute Gasteiger partial charge is 0.256 e. The topological polar surface area (TPSA) is 49.8 Å². The highest BCUT2D eigenvalue weighted by Gasteiger charge is 2.39. The number of carbonyl (C=O) groups is 1. The summed E-state index contributed by atoms with van der Waals surface area (Å²) in [6.45, 7) is 0.0478. The van der Waals surface area contributed by atoms with Gasteiger partial charge in [-0.3, -0.25) is 4.79 Å². The summed E-state index contributed by atoms with van der Waals surface area (Å²) in [5, 5.41) is 10.0. The summed E-state index contributed by atoms with van der Waals surface area (Å²) >= 11 is 0. The molecule has 3 rings (SSSR count). The Morgan fingerprint density at radius 1 is 1.24 bits per heavy atom. The normalized spacial score (nSPS) is 21.4. The number of aliphatic hydroxyl groups excluding tert-OH is 1. The molecule has 1 aliphatic heterocycles. The number of benzene rings is 2. The molecule has 6 heteroatoms. The second-order valence-corrected chi connectivity index (χ2v) is 6.09. The number of aliphatic hydroxyl groups is 1. The Balaban J connectivity index is 1.93. The zero-order valence-corrected chi connectivity index (χ0v) is 13.7. The molecule has 2 aromatic carbocycles. The van der Waals surface area contributed by atoms with E-state index < -0.39 is 29.9 Å². The van der Waals surface area contributed by atoms with Crippen molar-refractivity contribution in [2.75, 3.05) is 13.7 Å². The molecule has 0 radical (unpaired) electrons. The van der Waals surface area contributed by atoms with Crippen LogP contribution >= 0.6 is 0 Å². The van der Waals surface area contributed by atoms with Crippen LogP contribution in [0, 0.1) is 11.6 Å². The van der Waals surface area contributed by atoms with E-state index in [0.29, 0.717) is 5.56 Å². The number of hydrogen-bond acceptors (Lipinski definition) is 3. The number of likely N-dealkylation sites (tertiary alicyclic amines) is 1. The van der Waals surface area contributed by atoms with Crippen LogP contribution in [0.5, 0.6) is 0 Å². The maximum Gasteiger partial charge on any atom is 0.256 e. The Bertz CT molecular complexity index is 754. The minimum Gasteiger partial charge on any atom is -0.391 e. The fourth-order valence-corrected chi connectivity index (χ4v) is 3.28. The lowest BCUT2D eigenvalue weighted by Crippen LogP contribution is -2.36. The molecule has 1 N–H and O–H groups in total. The van der Waals surface area contributed by atoms with E-state index in [1.54, 1.807) is 24.3 Å². The van der Waals surface area contributed by atoms with Crippen LogP contribution in [0.2, 0.25) is 0 Å². The second kappa shape index (κ2) is 7.29. The van der Waals surface area contributed by atoms with Crippen LogP contribution in [0.3, 0.4) is 0 Å². The summed E-state index contributed by atoms with van der Waals surface area (Å²) in [6, 6.07) is 11.3. The molecule has 1 saturated heterocycles. The number of amides is 1. The highest BCUT2D eigenvalue weighted by atomic mass is 19.1. The molecule has 0 saturated carbocycles. The van der Waals surface area contributed by atoms with E-state index >= 15 is 0 Å². The van der Waals surface area contributed by atoms with Gasteiger partial charge >= 0.3 is 0 Å². The standard InChI is InChI=1S/C19H19F2NO3/c1-25-18(12-5-3-2-4-6-12)19(24)22-11-14(23)10-17(22)15-9-13(20)7-8-16(15)21/h2-9,14,17-18,23H,10-11H2,1H3/t14-,17+,18-/m0/s1. The molecule has 1 heterocycles. The third-order valence-electron chi connectivity index (χ3n) is 4.44. The Morgan fingerprint density at radius 3 is 2.64 bits per heavy atom. The van der Waals surface area contributed by atoms with Gasteiger partial charge in [-0.25, -0.2) is 8.78 Å². The molecule has 0 unspecified atom stereocenters. The molecule has 0 aromatic heterocycles. The highest BCUT2D eigenvalue weighted by molar-refractivity contribution is 5.83. The number of β-amino-alcohol motifs (C(OH)–C–C–N with tert-alkyl or cyclic N) is 1. The van der Waals surface area contributed by atoms with Crippen LogP contribution in [-0.2, 0) is 9.53 Å². The van der Waals surface area contributed by atoms with E-state index in [1.165, 1.54) is 12.0 Å². The quantitative estimate of drug-likeness (QED) is 0.925. The number of nitrogens with zero attached hydrogens (tertiary/aromatic N) is 1. The maximum atomic E-state index is 14.2. The van der Waals surface area contributed by atoms with Gasteiger partial charge in [-0.1, -0.05) is 30.3 Å². The van der Waals surface area contributed by atoms with Gasteiger partial charge in [0.1, 0.15) is 11.6 Å². The van der Waals surface area contributed by atoms with E-state index in [1.807, 2.05) is 6.07 Å². The van der Waals surface area contributed by atoms with Crippen molar-refractivity contribution in [1.29, 1.82) is 0 Å². The first kappa shape index (κ1) is 17.5. The van der Waals surface area contributed by atoms with Crippen LogP contribution in [-0.4, -0.2) is 35.7 Å². The van der Waals surface area contributed by atoms with Crippen molar-refractivity contribution in [3.05, 3.63) is 71.3 Å². The lowest BCUT2D eigenvalue weighted by molar-refractivity contribution is -0.143. The third-order valence-corrected chi connectivity index (χ3v) is 4.44. The molecule has 3 atom stereocenters. The molecule has 132 valence electrons. The Labute approximate surface area is 144 Å². The predicted octanol–water partition coefficient (Wildman–Crippen LogP) is 2.99. The third kappa shape index (κ3) is 3.55. The lowest BCUT2D eigenvalue weighted by atomic mass is 10.0. The van der Waals surface area contributed by atoms with E-state index in [4.69, 9.17) is 4.74 Å². The van der Waals surface area contributed by atoms with Crippen molar-refractivity contribution < 1.29 is 23.4 Å². The number of halogens is 2. The summed E-state index contributed by atoms with van der Waals surface area (Å²) in [5.74, 6) is -1.58. The Morgan fingerprint density at radius 2 is 1.96 bits per heavy atom. The van der Waals surface area contributed by atoms with Gasteiger partial charge in [0.15, 0.2) is 6.10 Å². The molecular formula is C19H19F2NO3. The molecular weight excluding hydrogens is 328 g/mol. The molecule has 0 bridgehead atoms. The van der Waals surface area contributed by atoms with E-state index in [9.17, 15) is 18.7 Å². The van der Waals surface area contributed by atoms with Gasteiger partial charge in [-0.2, -0.15) is 0 Å². The van der Waals surface area contributed by atoms with Crippen molar-refractivity contribution in [3.8, 4) is 0 Å². The molecule has 25 heavy (non-hydrogen) atoms. The van der Waals surface area contributed by atoms with E-state index in [0.717, 1.165) is 18.2 Å². The molecule has 0 aliphatic carbocycles. The molecule has 2 aromatic rings. The van der Waals surface area contributed by atoms with Gasteiger partial charge in [-0.15, -0.1) is 0 Å². The Hall–Kier alpha value is -2.31. The SMILES string of the molecule is CO[C@H](C(=O)N1C[C@@H](O)C[C@@H]1c1cc(F)ccc1F)c1ccccc1. The molecule has 1 amide bonds. The fourth-order valence-electron chi connectivity index (χ4n) is 3.28. The van der Waals surface area contributed by atoms with E-state index in [2.05, 4.69) is 0 Å². The second-order valence-electron chi connectivity index (χ2n) is 6.09. The summed E-state index contributed by atoms with van der Waals surface area (Å²) in [5.41, 5.74) is 0.725. The first-order valence-corrected chi connectivity index (χ1v) is 8.02. The minimum atomic E-state index is -0.870. The largest absolute Gasteiger partial charge is 0.391 e. The average molecular weight is 347 g/mol. The van der Waals surface area contributed by atoms with Crippen LogP contribution in [0.15, 0.2) is 48.5 Å². The van der Waals surface area contributed by atoms with Gasteiger partial charge in [0.05, 0.1) is 12.1 Å². The Kier molecular flexibility index (Phi) is 5.11. The van der Waals surface area contributed by atoms with Gasteiger partial charge in [0, 0.05) is 19.2 Å². The summed E-state index contributed by atoms with van der Waals surface area (Å²) < 4.78 is 33.1. The van der Waals surface area contributed by atoms with Gasteiger partial charge in [-0.05, 0) is 30.2 Å². The molecule has 1 fully saturated rings. The molecule has 0 spiro atoms. The zero-order valence-electron chi connectivity index (χ0n) is 13.7. The van der Waals surface area contributed by atoms with Crippen molar-refractivity contribution in [1.82, 2.24) is 4.90 Å². The lowest BCUT2D eigenvalue weighted by Gasteiger charge is -2.28. The number of methoxy groups -OCH3 is 1. The van der Waals surface area contributed by atoms with Crippen LogP contribution in [0.4, 0.5) is 8.78 Å². The van der Waals surface area contributed by atoms with Crippen LogP contribution < -0.4 is 0 Å².